The highest BCUT2D eigenvalue weighted by Gasteiger charge is 2.41. The quantitative estimate of drug-likeness (QED) is 0.159. The van der Waals surface area contributed by atoms with Crippen molar-refractivity contribution in [2.75, 3.05) is 15.5 Å². The van der Waals surface area contributed by atoms with Gasteiger partial charge in [0.2, 0.25) is 0 Å². The number of fused-ring (bicyclic) bond motifs is 2. The number of thiazole rings is 1. The first-order valence-electron chi connectivity index (χ1n) is 9.43. The van der Waals surface area contributed by atoms with Crippen LogP contribution in [-0.4, -0.2) is 20.1 Å². The minimum Gasteiger partial charge on any atom is -0.355 e. The van der Waals surface area contributed by atoms with Crippen LogP contribution >= 0.6 is 45.7 Å². The van der Waals surface area contributed by atoms with Crippen LogP contribution in [0.1, 0.15) is 19.3 Å². The van der Waals surface area contributed by atoms with E-state index in [0.717, 1.165) is 22.4 Å². The maximum atomic E-state index is 4.56. The van der Waals surface area contributed by atoms with Crippen molar-refractivity contribution in [2.45, 2.75) is 24.2 Å². The Labute approximate surface area is 186 Å². The van der Waals surface area contributed by atoms with E-state index in [1.54, 1.807) is 11.3 Å². The van der Waals surface area contributed by atoms with Gasteiger partial charge in [-0.05, 0) is 67.1 Å². The Morgan fingerprint density at radius 2 is 2.00 bits per heavy atom. The van der Waals surface area contributed by atoms with Crippen molar-refractivity contribution in [1.82, 2.24) is 9.97 Å². The fourth-order valence-electron chi connectivity index (χ4n) is 3.50. The summed E-state index contributed by atoms with van der Waals surface area (Å²) in [6, 6.07) is 15.1. The molecule has 0 amide bonds. The summed E-state index contributed by atoms with van der Waals surface area (Å²) in [6.45, 7) is 0. The van der Waals surface area contributed by atoms with Crippen molar-refractivity contribution in [3.8, 4) is 0 Å². The first-order chi connectivity index (χ1) is 13.7. The highest BCUT2D eigenvalue weighted by molar-refractivity contribution is 14.1. The number of hydrogen-bond donors (Lipinski definition) is 1. The van der Waals surface area contributed by atoms with Crippen LogP contribution in [0.25, 0.3) is 21.1 Å². The number of aromatic nitrogens is 2. The van der Waals surface area contributed by atoms with Crippen molar-refractivity contribution in [3.05, 3.63) is 54.2 Å². The van der Waals surface area contributed by atoms with Gasteiger partial charge >= 0.3 is 0 Å². The zero-order valence-corrected chi connectivity index (χ0v) is 19.1. The average Bonchev–Trinajstić information content (AvgIpc) is 3.32. The van der Waals surface area contributed by atoms with Crippen molar-refractivity contribution >= 4 is 78.2 Å². The zero-order chi connectivity index (χ0) is 19.0. The maximum Gasteiger partial charge on any atom is 0.0832 e. The molecule has 0 saturated heterocycles. The third-order valence-electron chi connectivity index (χ3n) is 5.45. The van der Waals surface area contributed by atoms with Gasteiger partial charge in [0, 0.05) is 38.0 Å². The number of anilines is 2. The summed E-state index contributed by atoms with van der Waals surface area (Å²) in [5, 5.41) is 4.75. The molecule has 0 bridgehead atoms. The summed E-state index contributed by atoms with van der Waals surface area (Å²) < 4.78 is 2.47. The van der Waals surface area contributed by atoms with Crippen LogP contribution in [0, 0.1) is 5.41 Å². The maximum absolute atomic E-state index is 4.56. The van der Waals surface area contributed by atoms with Crippen LogP contribution in [0.5, 0.6) is 0 Å². The highest BCUT2D eigenvalue weighted by Crippen LogP contribution is 2.52. The van der Waals surface area contributed by atoms with Gasteiger partial charge < -0.3 is 5.32 Å². The van der Waals surface area contributed by atoms with Gasteiger partial charge in [-0.1, -0.05) is 22.6 Å². The number of rotatable bonds is 7. The van der Waals surface area contributed by atoms with Gasteiger partial charge in [-0.25, -0.2) is 4.98 Å². The predicted octanol–water partition coefficient (Wildman–Crippen LogP) is 7.29. The molecule has 5 rings (SSSR count). The lowest BCUT2D eigenvalue weighted by Crippen LogP contribution is -2.04. The summed E-state index contributed by atoms with van der Waals surface area (Å²) in [7, 11) is 0. The number of pyridine rings is 1. The van der Waals surface area contributed by atoms with E-state index in [4.69, 9.17) is 0 Å². The van der Waals surface area contributed by atoms with Gasteiger partial charge in [0.25, 0.3) is 0 Å². The monoisotopic (exact) mass is 517 g/mol. The van der Waals surface area contributed by atoms with E-state index in [1.807, 2.05) is 23.5 Å². The van der Waals surface area contributed by atoms with Crippen LogP contribution in [0.15, 0.2) is 59.1 Å². The molecule has 0 aliphatic heterocycles. The second-order valence-electron chi connectivity index (χ2n) is 7.42. The number of nitrogens with one attached hydrogen (secondary N) is 1. The van der Waals surface area contributed by atoms with E-state index in [1.165, 1.54) is 44.4 Å². The van der Waals surface area contributed by atoms with E-state index in [-0.39, 0.29) is 0 Å². The van der Waals surface area contributed by atoms with Crippen molar-refractivity contribution < 1.29 is 0 Å². The number of alkyl halides is 1. The molecule has 2 heterocycles. The Bertz CT molecular complexity index is 1140. The van der Waals surface area contributed by atoms with E-state index >= 15 is 0 Å². The smallest absolute Gasteiger partial charge is 0.0832 e. The molecule has 1 N–H and O–H groups in total. The van der Waals surface area contributed by atoms with Crippen molar-refractivity contribution in [3.63, 3.8) is 0 Å². The molecule has 0 unspecified atom stereocenters. The van der Waals surface area contributed by atoms with Gasteiger partial charge in [0.15, 0.2) is 0 Å². The molecule has 0 atom stereocenters. The van der Waals surface area contributed by atoms with E-state index in [9.17, 15) is 0 Å². The second-order valence-corrected chi connectivity index (χ2v) is 10.4. The average molecular weight is 517 g/mol. The fourth-order valence-corrected chi connectivity index (χ4v) is 6.57. The lowest BCUT2D eigenvalue weighted by Gasteiger charge is -2.14. The summed E-state index contributed by atoms with van der Waals surface area (Å²) in [4.78, 5) is 10.3. The van der Waals surface area contributed by atoms with Gasteiger partial charge in [0.1, 0.15) is 0 Å². The van der Waals surface area contributed by atoms with Gasteiger partial charge in [-0.15, -0.1) is 23.1 Å². The Morgan fingerprint density at radius 1 is 1.07 bits per heavy atom. The minimum absolute atomic E-state index is 0.597. The summed E-state index contributed by atoms with van der Waals surface area (Å²) in [6.07, 6.45) is 6.01. The summed E-state index contributed by atoms with van der Waals surface area (Å²) in [5.74, 6) is 1.23. The summed E-state index contributed by atoms with van der Waals surface area (Å²) in [5.41, 5.74) is 6.70. The van der Waals surface area contributed by atoms with E-state index < -0.39 is 0 Å². The van der Waals surface area contributed by atoms with Crippen molar-refractivity contribution in [1.29, 1.82) is 0 Å². The minimum atomic E-state index is 0.597. The van der Waals surface area contributed by atoms with Gasteiger partial charge in [0.05, 0.1) is 21.2 Å². The van der Waals surface area contributed by atoms with Gasteiger partial charge in [-0.3, -0.25) is 4.98 Å². The number of halogens is 1. The molecule has 4 aromatic rings. The standard InChI is InChI=1S/C22H20IN3S2/c23-9-8-22(6-7-22)13-27-16-2-3-18-17(12-16)19(5-10-24-18)26-15-1-4-21-20(11-15)25-14-28-21/h1-5,10-12,14H,6-9,13H2,(H,24,26). The number of hydrogen-bond acceptors (Lipinski definition) is 5. The zero-order valence-electron chi connectivity index (χ0n) is 15.3. The molecule has 2 aromatic heterocycles. The Morgan fingerprint density at radius 3 is 2.86 bits per heavy atom. The van der Waals surface area contributed by atoms with Crippen LogP contribution in [-0.2, 0) is 0 Å². The predicted molar refractivity (Wildman–Crippen MR) is 131 cm³/mol. The molecule has 2 aromatic carbocycles. The van der Waals surface area contributed by atoms with E-state index in [2.05, 4.69) is 80.3 Å². The van der Waals surface area contributed by atoms with Crippen LogP contribution in [0.4, 0.5) is 11.4 Å². The normalized spacial score (nSPS) is 15.2. The first-order valence-corrected chi connectivity index (χ1v) is 12.8. The first kappa shape index (κ1) is 18.6. The van der Waals surface area contributed by atoms with Crippen LogP contribution in [0.3, 0.4) is 0 Å². The van der Waals surface area contributed by atoms with E-state index in [0.29, 0.717) is 5.41 Å². The number of nitrogens with zero attached hydrogens (tertiary/aromatic N) is 2. The Hall–Kier alpha value is -1.38. The molecule has 6 heteroatoms. The topological polar surface area (TPSA) is 37.8 Å². The third kappa shape index (κ3) is 3.86. The SMILES string of the molecule is ICCC1(CSc2ccc3nccc(Nc4ccc5scnc5c4)c3c2)CC1. The lowest BCUT2D eigenvalue weighted by molar-refractivity contribution is 0.572. The van der Waals surface area contributed by atoms with Crippen LogP contribution in [0.2, 0.25) is 0 Å². The molecular weight excluding hydrogens is 497 g/mol. The molecule has 142 valence electrons. The third-order valence-corrected chi connectivity index (χ3v) is 8.14. The molecule has 1 aliphatic carbocycles. The Balaban J connectivity index is 1.41. The molecule has 1 aliphatic rings. The van der Waals surface area contributed by atoms with Gasteiger partial charge in [-0.2, -0.15) is 0 Å². The molecule has 28 heavy (non-hydrogen) atoms. The fraction of sp³-hybridized carbons (Fsp3) is 0.273. The van der Waals surface area contributed by atoms with Crippen LogP contribution < -0.4 is 5.32 Å². The second kappa shape index (κ2) is 7.80. The van der Waals surface area contributed by atoms with Crippen molar-refractivity contribution in [2.24, 2.45) is 5.41 Å². The molecular formula is C22H20IN3S2. The largest absolute Gasteiger partial charge is 0.355 e. The number of benzene rings is 2. The molecule has 1 saturated carbocycles. The molecule has 0 radical (unpaired) electrons. The molecule has 1 fully saturated rings. The Kier molecular flexibility index (Phi) is 5.19. The summed E-state index contributed by atoms with van der Waals surface area (Å²) >= 11 is 6.17. The highest BCUT2D eigenvalue weighted by atomic mass is 127. The molecule has 3 nitrogen and oxygen atoms in total. The molecule has 0 spiro atoms. The number of thioether (sulfide) groups is 1. The lowest BCUT2D eigenvalue weighted by atomic mass is 10.1.